The molecule has 0 atom stereocenters. The number of hydrogen-bond donors (Lipinski definition) is 1. The van der Waals surface area contributed by atoms with Gasteiger partial charge in [-0.3, -0.25) is 4.79 Å². The fraction of sp³-hybridized carbons (Fsp3) is 0.360. The monoisotopic (exact) mass is 403 g/mol. The molecule has 0 bridgehead atoms. The number of carbonyl (C=O) groups is 1. The molecule has 0 unspecified atom stereocenters. The van der Waals surface area contributed by atoms with Crippen LogP contribution in [0, 0.1) is 0 Å². The second kappa shape index (κ2) is 10.1. The molecule has 2 heterocycles. The quantitative estimate of drug-likeness (QED) is 0.637. The molecule has 0 saturated carbocycles. The maximum Gasteiger partial charge on any atom is 0.257 e. The zero-order valence-electron chi connectivity index (χ0n) is 17.3. The fourth-order valence-corrected chi connectivity index (χ4v) is 3.89. The van der Waals surface area contributed by atoms with Crippen LogP contribution in [0.3, 0.4) is 0 Å². The van der Waals surface area contributed by atoms with Crippen molar-refractivity contribution in [2.45, 2.75) is 32.1 Å². The summed E-state index contributed by atoms with van der Waals surface area (Å²) in [5.74, 6) is 1.53. The van der Waals surface area contributed by atoms with Gasteiger partial charge in [0.15, 0.2) is 6.61 Å². The number of hydrogen-bond acceptors (Lipinski definition) is 4. The Balaban J connectivity index is 1.38. The third-order valence-electron chi connectivity index (χ3n) is 5.54. The van der Waals surface area contributed by atoms with Crippen molar-refractivity contribution in [1.82, 2.24) is 10.3 Å². The molecule has 1 aromatic heterocycles. The third kappa shape index (κ3) is 5.29. The Bertz CT molecular complexity index is 967. The molecular weight excluding hydrogens is 374 g/mol. The van der Waals surface area contributed by atoms with Crippen LogP contribution < -0.4 is 15.0 Å². The van der Waals surface area contributed by atoms with Crippen LogP contribution in [0.15, 0.2) is 60.7 Å². The summed E-state index contributed by atoms with van der Waals surface area (Å²) < 4.78 is 5.86. The number of para-hydroxylation sites is 1. The lowest BCUT2D eigenvalue weighted by Gasteiger charge is -2.22. The first-order valence-electron chi connectivity index (χ1n) is 10.9. The minimum atomic E-state index is -0.119. The van der Waals surface area contributed by atoms with Gasteiger partial charge in [-0.15, -0.1) is 0 Å². The molecule has 4 rings (SSSR count). The van der Waals surface area contributed by atoms with Gasteiger partial charge in [0, 0.05) is 25.0 Å². The summed E-state index contributed by atoms with van der Waals surface area (Å²) >= 11 is 0. The van der Waals surface area contributed by atoms with Gasteiger partial charge in [-0.05, 0) is 43.0 Å². The number of benzene rings is 2. The lowest BCUT2D eigenvalue weighted by molar-refractivity contribution is -0.123. The van der Waals surface area contributed by atoms with Gasteiger partial charge in [0.2, 0.25) is 0 Å². The Labute approximate surface area is 178 Å². The number of fused-ring (bicyclic) bond motifs is 1. The van der Waals surface area contributed by atoms with E-state index in [0.717, 1.165) is 36.2 Å². The van der Waals surface area contributed by atoms with Crippen molar-refractivity contribution in [3.63, 3.8) is 0 Å². The van der Waals surface area contributed by atoms with Crippen molar-refractivity contribution in [2.75, 3.05) is 31.1 Å². The summed E-state index contributed by atoms with van der Waals surface area (Å²) in [6.45, 7) is 2.68. The van der Waals surface area contributed by atoms with Crippen molar-refractivity contribution in [3.8, 4) is 5.75 Å². The van der Waals surface area contributed by atoms with Crippen LogP contribution in [0.5, 0.6) is 5.75 Å². The highest BCUT2D eigenvalue weighted by atomic mass is 16.5. The van der Waals surface area contributed by atoms with E-state index in [1.807, 2.05) is 36.4 Å². The molecule has 1 fully saturated rings. The van der Waals surface area contributed by atoms with E-state index < -0.39 is 0 Å². The van der Waals surface area contributed by atoms with Gasteiger partial charge in [-0.1, -0.05) is 55.3 Å². The normalized spacial score (nSPS) is 14.3. The Kier molecular flexibility index (Phi) is 6.80. The number of pyridine rings is 1. The maximum atomic E-state index is 12.2. The van der Waals surface area contributed by atoms with Crippen molar-refractivity contribution in [3.05, 3.63) is 66.2 Å². The molecule has 5 heteroatoms. The summed E-state index contributed by atoms with van der Waals surface area (Å²) in [6.07, 6.45) is 5.80. The maximum absolute atomic E-state index is 12.2. The zero-order chi connectivity index (χ0) is 20.6. The summed E-state index contributed by atoms with van der Waals surface area (Å²) in [5, 5.41) is 3.95. The summed E-state index contributed by atoms with van der Waals surface area (Å²) in [6, 6.07) is 20.2. The Hall–Kier alpha value is -3.08. The summed E-state index contributed by atoms with van der Waals surface area (Å²) in [7, 11) is 0. The molecular formula is C25H29N3O2. The van der Waals surface area contributed by atoms with Crippen LogP contribution in [-0.2, 0) is 11.2 Å². The number of nitrogens with one attached hydrogen (secondary N) is 1. The number of anilines is 1. The van der Waals surface area contributed by atoms with Gasteiger partial charge in [-0.2, -0.15) is 0 Å². The van der Waals surface area contributed by atoms with E-state index in [9.17, 15) is 4.79 Å². The highest BCUT2D eigenvalue weighted by molar-refractivity contribution is 5.86. The molecule has 1 saturated heterocycles. The van der Waals surface area contributed by atoms with Gasteiger partial charge in [0.05, 0.1) is 0 Å². The van der Waals surface area contributed by atoms with Crippen LogP contribution in [-0.4, -0.2) is 37.1 Å². The Morgan fingerprint density at radius 3 is 2.53 bits per heavy atom. The number of rotatable bonds is 7. The van der Waals surface area contributed by atoms with Crippen molar-refractivity contribution >= 4 is 22.6 Å². The van der Waals surface area contributed by atoms with E-state index in [4.69, 9.17) is 9.72 Å². The molecule has 3 aromatic rings. The van der Waals surface area contributed by atoms with E-state index in [1.165, 1.54) is 31.2 Å². The number of aromatic nitrogens is 1. The topological polar surface area (TPSA) is 54.5 Å². The van der Waals surface area contributed by atoms with Crippen molar-refractivity contribution in [1.29, 1.82) is 0 Å². The predicted octanol–water partition coefficient (Wildman–Crippen LogP) is 4.35. The first-order valence-corrected chi connectivity index (χ1v) is 10.9. The largest absolute Gasteiger partial charge is 0.481 e. The molecule has 1 aliphatic heterocycles. The fourth-order valence-electron chi connectivity index (χ4n) is 3.89. The van der Waals surface area contributed by atoms with Gasteiger partial charge in [-0.25, -0.2) is 4.98 Å². The summed E-state index contributed by atoms with van der Waals surface area (Å²) in [4.78, 5) is 19.5. The predicted molar refractivity (Wildman–Crippen MR) is 121 cm³/mol. The first kappa shape index (κ1) is 20.2. The van der Waals surface area contributed by atoms with Crippen molar-refractivity contribution in [2.24, 2.45) is 0 Å². The van der Waals surface area contributed by atoms with E-state index in [-0.39, 0.29) is 12.5 Å². The van der Waals surface area contributed by atoms with Crippen LogP contribution in [0.25, 0.3) is 10.9 Å². The van der Waals surface area contributed by atoms with E-state index in [2.05, 4.69) is 34.5 Å². The van der Waals surface area contributed by atoms with Gasteiger partial charge < -0.3 is 15.0 Å². The average molecular weight is 404 g/mol. The molecule has 0 aliphatic carbocycles. The molecule has 1 N–H and O–H groups in total. The molecule has 2 aromatic carbocycles. The second-order valence-corrected chi connectivity index (χ2v) is 7.77. The number of ether oxygens (including phenoxy) is 1. The Morgan fingerprint density at radius 1 is 0.933 bits per heavy atom. The minimum absolute atomic E-state index is 0.0104. The molecule has 1 amide bonds. The smallest absolute Gasteiger partial charge is 0.257 e. The lowest BCUT2D eigenvalue weighted by Crippen LogP contribution is -2.30. The average Bonchev–Trinajstić information content (AvgIpc) is 3.08. The molecule has 30 heavy (non-hydrogen) atoms. The van der Waals surface area contributed by atoms with E-state index in [0.29, 0.717) is 12.3 Å². The molecule has 156 valence electrons. The second-order valence-electron chi connectivity index (χ2n) is 7.77. The molecule has 0 radical (unpaired) electrons. The standard InChI is InChI=1S/C25H29N3O2/c29-24(26-16-15-20-9-4-3-5-10-20)19-30-22-12-8-11-21-13-14-23(27-25(21)22)28-17-6-1-2-7-18-28/h3-5,8-14H,1-2,6-7,15-19H2,(H,26,29). The zero-order valence-corrected chi connectivity index (χ0v) is 17.3. The van der Waals surface area contributed by atoms with Crippen LogP contribution in [0.1, 0.15) is 31.2 Å². The Morgan fingerprint density at radius 2 is 1.73 bits per heavy atom. The lowest BCUT2D eigenvalue weighted by atomic mass is 10.1. The third-order valence-corrected chi connectivity index (χ3v) is 5.54. The molecule has 1 aliphatic rings. The highest BCUT2D eigenvalue weighted by Gasteiger charge is 2.13. The van der Waals surface area contributed by atoms with Crippen LogP contribution in [0.2, 0.25) is 0 Å². The van der Waals surface area contributed by atoms with Crippen LogP contribution in [0.4, 0.5) is 5.82 Å². The van der Waals surface area contributed by atoms with E-state index in [1.54, 1.807) is 0 Å². The van der Waals surface area contributed by atoms with Gasteiger partial charge in [0.1, 0.15) is 17.1 Å². The van der Waals surface area contributed by atoms with Gasteiger partial charge in [0.25, 0.3) is 5.91 Å². The van der Waals surface area contributed by atoms with E-state index >= 15 is 0 Å². The number of amides is 1. The molecule has 5 nitrogen and oxygen atoms in total. The van der Waals surface area contributed by atoms with Crippen LogP contribution >= 0.6 is 0 Å². The number of nitrogens with zero attached hydrogens (tertiary/aromatic N) is 2. The number of carbonyl (C=O) groups excluding carboxylic acids is 1. The minimum Gasteiger partial charge on any atom is -0.481 e. The SMILES string of the molecule is O=C(COc1cccc2ccc(N3CCCCCC3)nc12)NCCc1ccccc1. The first-order chi connectivity index (χ1) is 14.8. The summed E-state index contributed by atoms with van der Waals surface area (Å²) in [5.41, 5.74) is 2.02. The van der Waals surface area contributed by atoms with Crippen molar-refractivity contribution < 1.29 is 9.53 Å². The van der Waals surface area contributed by atoms with Gasteiger partial charge >= 0.3 is 0 Å². The highest BCUT2D eigenvalue weighted by Crippen LogP contribution is 2.27. The molecule has 0 spiro atoms.